The summed E-state index contributed by atoms with van der Waals surface area (Å²) < 4.78 is 31.8. The summed E-state index contributed by atoms with van der Waals surface area (Å²) in [4.78, 5) is 14.6. The summed E-state index contributed by atoms with van der Waals surface area (Å²) in [5.41, 5.74) is 1.72. The molecule has 0 unspecified atom stereocenters. The van der Waals surface area contributed by atoms with Crippen molar-refractivity contribution in [3.8, 4) is 0 Å². The minimum absolute atomic E-state index is 0.111. The first kappa shape index (κ1) is 21.2. The van der Waals surface area contributed by atoms with Crippen molar-refractivity contribution in [1.82, 2.24) is 9.21 Å². The minimum Gasteiger partial charge on any atom is -0.379 e. The Bertz CT molecular complexity index is 926. The lowest BCUT2D eigenvalue weighted by Crippen LogP contribution is -2.35. The summed E-state index contributed by atoms with van der Waals surface area (Å²) in [6.45, 7) is 3.71. The molecule has 0 saturated carbocycles. The summed E-state index contributed by atoms with van der Waals surface area (Å²) >= 11 is 6.78. The lowest BCUT2D eigenvalue weighted by molar-refractivity contribution is -0.116. The number of nitrogens with zero attached hydrogens (tertiary/aromatic N) is 2. The molecule has 1 N–H and O–H groups in total. The van der Waals surface area contributed by atoms with Crippen molar-refractivity contribution in [2.75, 3.05) is 45.2 Å². The Labute approximate surface area is 173 Å². The van der Waals surface area contributed by atoms with Crippen LogP contribution in [0.5, 0.6) is 0 Å². The van der Waals surface area contributed by atoms with Crippen molar-refractivity contribution in [1.29, 1.82) is 0 Å². The number of benzene rings is 1. The van der Waals surface area contributed by atoms with Crippen LogP contribution in [-0.2, 0) is 26.1 Å². The average molecular weight is 444 g/mol. The summed E-state index contributed by atoms with van der Waals surface area (Å²) in [6.07, 6.45) is 0. The quantitative estimate of drug-likeness (QED) is 0.711. The largest absolute Gasteiger partial charge is 0.379 e. The predicted molar refractivity (Wildman–Crippen MR) is 110 cm³/mol. The zero-order chi connectivity index (χ0) is 20.1. The second-order valence-corrected chi connectivity index (χ2v) is 10.4. The molecule has 10 heteroatoms. The topological polar surface area (TPSA) is 79.0 Å². The van der Waals surface area contributed by atoms with E-state index in [4.69, 9.17) is 16.3 Å². The highest BCUT2D eigenvalue weighted by atomic mass is 35.5. The average Bonchev–Trinajstić information content (AvgIpc) is 3.10. The van der Waals surface area contributed by atoms with Crippen LogP contribution >= 0.6 is 22.9 Å². The summed E-state index contributed by atoms with van der Waals surface area (Å²) in [7, 11) is -2.37. The molecule has 2 aromatic rings. The lowest BCUT2D eigenvalue weighted by atomic mass is 10.2. The first-order chi connectivity index (χ1) is 13.3. The lowest BCUT2D eigenvalue weighted by Gasteiger charge is -2.26. The number of halogens is 1. The number of likely N-dealkylation sites (N-methyl/N-ethyl adjacent to an activating group) is 1. The molecule has 1 amide bonds. The smallest absolute Gasteiger partial charge is 0.252 e. The van der Waals surface area contributed by atoms with Gasteiger partial charge in [-0.25, -0.2) is 8.42 Å². The number of sulfonamides is 1. The van der Waals surface area contributed by atoms with Crippen LogP contribution < -0.4 is 5.32 Å². The molecule has 2 heterocycles. The Kier molecular flexibility index (Phi) is 7.08. The van der Waals surface area contributed by atoms with E-state index in [0.29, 0.717) is 10.0 Å². The fourth-order valence-corrected chi connectivity index (χ4v) is 5.66. The minimum atomic E-state index is -3.74. The Hall–Kier alpha value is -1.49. The molecule has 0 bridgehead atoms. The van der Waals surface area contributed by atoms with Gasteiger partial charge in [0, 0.05) is 32.4 Å². The van der Waals surface area contributed by atoms with Crippen LogP contribution in [0.2, 0.25) is 4.34 Å². The van der Waals surface area contributed by atoms with Gasteiger partial charge in [0.25, 0.3) is 10.0 Å². The number of thiophene rings is 1. The molecule has 0 spiro atoms. The second kappa shape index (κ2) is 9.34. The zero-order valence-electron chi connectivity index (χ0n) is 15.4. The summed E-state index contributed by atoms with van der Waals surface area (Å²) in [5.74, 6) is -0.405. The Morgan fingerprint density at radius 2 is 2.04 bits per heavy atom. The molecule has 0 radical (unpaired) electrons. The van der Waals surface area contributed by atoms with Crippen molar-refractivity contribution < 1.29 is 17.9 Å². The van der Waals surface area contributed by atoms with Gasteiger partial charge in [0.05, 0.1) is 24.1 Å². The number of carbonyl (C=O) groups excluding carboxylic acids is 1. The predicted octanol–water partition coefficient (Wildman–Crippen LogP) is 2.49. The molecule has 1 aliphatic rings. The highest BCUT2D eigenvalue weighted by Crippen LogP contribution is 2.27. The number of rotatable bonds is 7. The third-order valence-electron chi connectivity index (χ3n) is 4.30. The molecule has 3 rings (SSSR count). The highest BCUT2D eigenvalue weighted by molar-refractivity contribution is 7.91. The van der Waals surface area contributed by atoms with Crippen molar-refractivity contribution in [3.05, 3.63) is 46.3 Å². The molecular formula is C18H22ClN3O4S2. The molecule has 1 aliphatic heterocycles. The highest BCUT2D eigenvalue weighted by Gasteiger charge is 2.24. The normalized spacial score (nSPS) is 15.7. The van der Waals surface area contributed by atoms with Crippen LogP contribution in [0, 0.1) is 0 Å². The molecule has 7 nitrogen and oxygen atoms in total. The fraction of sp³-hybridized carbons (Fsp3) is 0.389. The fourth-order valence-electron chi connectivity index (χ4n) is 2.84. The monoisotopic (exact) mass is 443 g/mol. The molecule has 0 atom stereocenters. The van der Waals surface area contributed by atoms with Gasteiger partial charge < -0.3 is 10.1 Å². The van der Waals surface area contributed by atoms with Gasteiger partial charge >= 0.3 is 0 Å². The number of nitrogens with one attached hydrogen (secondary N) is 1. The van der Waals surface area contributed by atoms with Crippen LogP contribution in [0.4, 0.5) is 5.69 Å². The van der Waals surface area contributed by atoms with E-state index < -0.39 is 15.9 Å². The third kappa shape index (κ3) is 5.53. The van der Waals surface area contributed by atoms with E-state index in [1.54, 1.807) is 6.07 Å². The molecule has 1 saturated heterocycles. The van der Waals surface area contributed by atoms with Gasteiger partial charge in [0.2, 0.25) is 5.91 Å². The number of amides is 1. The van der Waals surface area contributed by atoms with E-state index in [1.165, 1.54) is 19.2 Å². The van der Waals surface area contributed by atoms with Gasteiger partial charge in [-0.3, -0.25) is 9.69 Å². The first-order valence-corrected chi connectivity index (χ1v) is 11.4. The molecule has 0 aliphatic carbocycles. The van der Waals surface area contributed by atoms with E-state index in [-0.39, 0.29) is 10.8 Å². The van der Waals surface area contributed by atoms with Crippen molar-refractivity contribution in [2.45, 2.75) is 10.8 Å². The molecule has 1 aromatic heterocycles. The Balaban J connectivity index is 1.59. The SMILES string of the molecule is CN(CC(=O)Nc1cccc(CN2CCOCC2)c1)S(=O)(=O)c1ccc(Cl)s1. The van der Waals surface area contributed by atoms with Gasteiger partial charge in [-0.15, -0.1) is 11.3 Å². The van der Waals surface area contributed by atoms with Crippen LogP contribution in [-0.4, -0.2) is 63.4 Å². The number of ether oxygens (including phenoxy) is 1. The van der Waals surface area contributed by atoms with E-state index in [1.807, 2.05) is 18.2 Å². The van der Waals surface area contributed by atoms with Gasteiger partial charge in [-0.2, -0.15) is 4.31 Å². The van der Waals surface area contributed by atoms with Crippen molar-refractivity contribution in [2.24, 2.45) is 0 Å². The molecule has 1 fully saturated rings. The number of hydrogen-bond donors (Lipinski definition) is 1. The maximum atomic E-state index is 12.5. The van der Waals surface area contributed by atoms with E-state index in [0.717, 1.165) is 54.1 Å². The van der Waals surface area contributed by atoms with E-state index >= 15 is 0 Å². The van der Waals surface area contributed by atoms with Crippen LogP contribution in [0.15, 0.2) is 40.6 Å². The van der Waals surface area contributed by atoms with Crippen LogP contribution in [0.1, 0.15) is 5.56 Å². The second-order valence-electron chi connectivity index (χ2n) is 6.46. The molecule has 28 heavy (non-hydrogen) atoms. The number of hydrogen-bond acceptors (Lipinski definition) is 6. The number of carbonyl (C=O) groups is 1. The maximum Gasteiger partial charge on any atom is 0.252 e. The standard InChI is InChI=1S/C18H22ClN3O4S2/c1-21(28(24,25)18-6-5-16(19)27-18)13-17(23)20-15-4-2-3-14(11-15)12-22-7-9-26-10-8-22/h2-6,11H,7-10,12-13H2,1H3,(H,20,23). The van der Waals surface area contributed by atoms with Crippen LogP contribution in [0.3, 0.4) is 0 Å². The summed E-state index contributed by atoms with van der Waals surface area (Å²) in [5, 5.41) is 2.77. The molecular weight excluding hydrogens is 422 g/mol. The number of morpholine rings is 1. The van der Waals surface area contributed by atoms with E-state index in [2.05, 4.69) is 10.2 Å². The van der Waals surface area contributed by atoms with Gasteiger partial charge in [0.1, 0.15) is 4.21 Å². The molecule has 152 valence electrons. The van der Waals surface area contributed by atoms with Gasteiger partial charge in [-0.1, -0.05) is 23.7 Å². The first-order valence-electron chi connectivity index (χ1n) is 8.75. The van der Waals surface area contributed by atoms with Crippen molar-refractivity contribution in [3.63, 3.8) is 0 Å². The third-order valence-corrected chi connectivity index (χ3v) is 7.80. The van der Waals surface area contributed by atoms with Gasteiger partial charge in [-0.05, 0) is 29.8 Å². The van der Waals surface area contributed by atoms with E-state index in [9.17, 15) is 13.2 Å². The van der Waals surface area contributed by atoms with Crippen molar-refractivity contribution >= 4 is 44.6 Å². The van der Waals surface area contributed by atoms with Gasteiger partial charge in [0.15, 0.2) is 0 Å². The zero-order valence-corrected chi connectivity index (χ0v) is 17.8. The molecule has 1 aromatic carbocycles. The van der Waals surface area contributed by atoms with Crippen LogP contribution in [0.25, 0.3) is 0 Å². The maximum absolute atomic E-state index is 12.5. The summed E-state index contributed by atoms with van der Waals surface area (Å²) in [6, 6.07) is 10.5. The number of anilines is 1. The Morgan fingerprint density at radius 1 is 1.29 bits per heavy atom. The Morgan fingerprint density at radius 3 is 2.71 bits per heavy atom.